The lowest BCUT2D eigenvalue weighted by molar-refractivity contribution is 0.678. The van der Waals surface area contributed by atoms with Crippen molar-refractivity contribution in [2.75, 3.05) is 7.05 Å². The van der Waals surface area contributed by atoms with Crippen LogP contribution < -0.4 is 4.72 Å². The first-order valence-corrected chi connectivity index (χ1v) is 5.12. The molecule has 0 amide bonds. The molecule has 0 saturated carbocycles. The quantitative estimate of drug-likeness (QED) is 0.746. The van der Waals surface area contributed by atoms with Crippen LogP contribution in [-0.2, 0) is 11.0 Å². The Morgan fingerprint density at radius 1 is 1.38 bits per heavy atom. The molecule has 0 aliphatic carbocycles. The number of benzene rings is 1. The van der Waals surface area contributed by atoms with Crippen LogP contribution >= 0.6 is 0 Å². The fourth-order valence-corrected chi connectivity index (χ4v) is 1.91. The zero-order valence-electron chi connectivity index (χ0n) is 7.20. The molecule has 0 saturated heterocycles. The van der Waals surface area contributed by atoms with Crippen molar-refractivity contribution < 1.29 is 4.21 Å². The number of nitrogens with one attached hydrogen (secondary N) is 2. The summed E-state index contributed by atoms with van der Waals surface area (Å²) in [5.41, 5.74) is 1.01. The maximum atomic E-state index is 11.4. The van der Waals surface area contributed by atoms with Crippen molar-refractivity contribution in [2.45, 2.75) is 4.90 Å². The van der Waals surface area contributed by atoms with Crippen LogP contribution in [0.1, 0.15) is 0 Å². The highest BCUT2D eigenvalue weighted by molar-refractivity contribution is 7.83. The summed E-state index contributed by atoms with van der Waals surface area (Å²) in [4.78, 5) is 3.87. The molecule has 1 heterocycles. The summed E-state index contributed by atoms with van der Waals surface area (Å²) < 4.78 is 14.1. The average molecular weight is 194 g/mol. The van der Waals surface area contributed by atoms with Crippen molar-refractivity contribution in [3.05, 3.63) is 30.5 Å². The van der Waals surface area contributed by atoms with Gasteiger partial charge in [-0.2, -0.15) is 0 Å². The summed E-state index contributed by atoms with van der Waals surface area (Å²) in [5.74, 6) is 0. The first-order chi connectivity index (χ1) is 6.31. The third kappa shape index (κ3) is 1.50. The summed E-state index contributed by atoms with van der Waals surface area (Å²) in [5, 5.41) is 1.14. The minimum atomic E-state index is -1.10. The molecule has 3 nitrogen and oxygen atoms in total. The summed E-state index contributed by atoms with van der Waals surface area (Å²) >= 11 is 0. The zero-order valence-corrected chi connectivity index (χ0v) is 8.02. The number of aromatic nitrogens is 1. The molecule has 0 aliphatic rings. The fraction of sp³-hybridized carbons (Fsp3) is 0.111. The van der Waals surface area contributed by atoms with Crippen LogP contribution in [0, 0.1) is 0 Å². The SMILES string of the molecule is CNS(=O)c1ccc2cc[nH]c2c1. The van der Waals surface area contributed by atoms with E-state index in [-0.39, 0.29) is 0 Å². The number of rotatable bonds is 2. The zero-order chi connectivity index (χ0) is 9.26. The van der Waals surface area contributed by atoms with Gasteiger partial charge in [-0.1, -0.05) is 6.07 Å². The van der Waals surface area contributed by atoms with Crippen LogP contribution in [0.4, 0.5) is 0 Å². The molecular weight excluding hydrogens is 184 g/mol. The molecule has 0 spiro atoms. The first-order valence-electron chi connectivity index (χ1n) is 3.97. The van der Waals surface area contributed by atoms with Crippen LogP contribution in [0.25, 0.3) is 10.9 Å². The molecule has 0 radical (unpaired) electrons. The second-order valence-corrected chi connectivity index (χ2v) is 4.12. The standard InChI is InChI=1S/C9H10N2OS/c1-10-13(12)8-3-2-7-4-5-11-9(7)6-8/h2-6,10-11H,1H3. The van der Waals surface area contributed by atoms with Crippen molar-refractivity contribution in [3.63, 3.8) is 0 Å². The van der Waals surface area contributed by atoms with Crippen molar-refractivity contribution in [3.8, 4) is 0 Å². The van der Waals surface area contributed by atoms with Gasteiger partial charge < -0.3 is 4.98 Å². The van der Waals surface area contributed by atoms with Crippen LogP contribution in [0.15, 0.2) is 35.4 Å². The van der Waals surface area contributed by atoms with E-state index < -0.39 is 11.0 Å². The predicted molar refractivity (Wildman–Crippen MR) is 53.8 cm³/mol. The Kier molecular flexibility index (Phi) is 2.16. The van der Waals surface area contributed by atoms with Gasteiger partial charge in [0.1, 0.15) is 11.0 Å². The highest BCUT2D eigenvalue weighted by atomic mass is 32.2. The molecule has 68 valence electrons. The Morgan fingerprint density at radius 3 is 3.00 bits per heavy atom. The number of hydrogen-bond acceptors (Lipinski definition) is 1. The number of hydrogen-bond donors (Lipinski definition) is 2. The molecule has 1 unspecified atom stereocenters. The van der Waals surface area contributed by atoms with E-state index in [0.717, 1.165) is 15.8 Å². The molecule has 2 rings (SSSR count). The van der Waals surface area contributed by atoms with Crippen molar-refractivity contribution in [1.82, 2.24) is 9.71 Å². The maximum Gasteiger partial charge on any atom is 0.124 e. The van der Waals surface area contributed by atoms with Gasteiger partial charge in [-0.3, -0.25) is 0 Å². The molecule has 0 fully saturated rings. The van der Waals surface area contributed by atoms with Crippen LogP contribution in [-0.4, -0.2) is 16.2 Å². The molecule has 1 aromatic carbocycles. The Labute approximate surface area is 78.7 Å². The van der Waals surface area contributed by atoms with Crippen LogP contribution in [0.2, 0.25) is 0 Å². The van der Waals surface area contributed by atoms with E-state index in [0.29, 0.717) is 0 Å². The van der Waals surface area contributed by atoms with Crippen molar-refractivity contribution >= 4 is 21.9 Å². The fourth-order valence-electron chi connectivity index (χ4n) is 1.26. The predicted octanol–water partition coefficient (Wildman–Crippen LogP) is 1.41. The lowest BCUT2D eigenvalue weighted by atomic mass is 10.2. The van der Waals surface area contributed by atoms with Gasteiger partial charge in [0.25, 0.3) is 0 Å². The van der Waals surface area contributed by atoms with Gasteiger partial charge in [-0.05, 0) is 30.6 Å². The Balaban J connectivity index is 2.54. The minimum Gasteiger partial charge on any atom is -0.361 e. The Bertz CT molecular complexity index is 450. The minimum absolute atomic E-state index is 0.789. The summed E-state index contributed by atoms with van der Waals surface area (Å²) in [6.45, 7) is 0. The third-order valence-electron chi connectivity index (χ3n) is 1.93. The summed E-state index contributed by atoms with van der Waals surface area (Å²) in [6.07, 6.45) is 1.87. The molecule has 1 aromatic heterocycles. The molecule has 0 bridgehead atoms. The van der Waals surface area contributed by atoms with Crippen molar-refractivity contribution in [1.29, 1.82) is 0 Å². The van der Waals surface area contributed by atoms with E-state index in [1.54, 1.807) is 7.05 Å². The van der Waals surface area contributed by atoms with Crippen molar-refractivity contribution in [2.24, 2.45) is 0 Å². The van der Waals surface area contributed by atoms with E-state index in [4.69, 9.17) is 0 Å². The third-order valence-corrected chi connectivity index (χ3v) is 2.98. The van der Waals surface area contributed by atoms with Gasteiger partial charge in [0.15, 0.2) is 0 Å². The number of H-pyrrole nitrogens is 1. The van der Waals surface area contributed by atoms with E-state index >= 15 is 0 Å². The maximum absolute atomic E-state index is 11.4. The lowest BCUT2D eigenvalue weighted by Crippen LogP contribution is -2.10. The second kappa shape index (κ2) is 3.32. The van der Waals surface area contributed by atoms with Crippen LogP contribution in [0.3, 0.4) is 0 Å². The van der Waals surface area contributed by atoms with Gasteiger partial charge in [-0.15, -0.1) is 0 Å². The normalized spacial score (nSPS) is 13.3. The van der Waals surface area contributed by atoms with E-state index in [2.05, 4.69) is 9.71 Å². The molecular formula is C9H10N2OS. The largest absolute Gasteiger partial charge is 0.361 e. The number of aromatic amines is 1. The van der Waals surface area contributed by atoms with Gasteiger partial charge in [-0.25, -0.2) is 8.93 Å². The average Bonchev–Trinajstić information content (AvgIpc) is 2.63. The van der Waals surface area contributed by atoms with Gasteiger partial charge in [0, 0.05) is 11.7 Å². The second-order valence-electron chi connectivity index (χ2n) is 2.70. The highest BCUT2D eigenvalue weighted by Gasteiger charge is 2.01. The lowest BCUT2D eigenvalue weighted by Gasteiger charge is -1.99. The molecule has 0 aliphatic heterocycles. The van der Waals surface area contributed by atoms with Gasteiger partial charge in [0.2, 0.25) is 0 Å². The van der Waals surface area contributed by atoms with Gasteiger partial charge in [0.05, 0.1) is 4.90 Å². The summed E-state index contributed by atoms with van der Waals surface area (Å²) in [6, 6.07) is 7.70. The van der Waals surface area contributed by atoms with E-state index in [1.807, 2.05) is 30.5 Å². The van der Waals surface area contributed by atoms with Gasteiger partial charge >= 0.3 is 0 Å². The topological polar surface area (TPSA) is 44.9 Å². The molecule has 2 aromatic rings. The Morgan fingerprint density at radius 2 is 2.23 bits per heavy atom. The molecule has 1 atom stereocenters. The van der Waals surface area contributed by atoms with E-state index in [9.17, 15) is 4.21 Å². The molecule has 4 heteroatoms. The number of fused-ring (bicyclic) bond motifs is 1. The highest BCUT2D eigenvalue weighted by Crippen LogP contribution is 2.15. The molecule has 13 heavy (non-hydrogen) atoms. The Hall–Kier alpha value is -1.13. The van der Waals surface area contributed by atoms with E-state index in [1.165, 1.54) is 0 Å². The smallest absolute Gasteiger partial charge is 0.124 e. The van der Waals surface area contributed by atoms with Crippen LogP contribution in [0.5, 0.6) is 0 Å². The molecule has 2 N–H and O–H groups in total. The monoisotopic (exact) mass is 194 g/mol. The summed E-state index contributed by atoms with van der Waals surface area (Å²) in [7, 11) is 0.575. The first kappa shape index (κ1) is 8.47.